The quantitative estimate of drug-likeness (QED) is 0.825. The molecule has 130 valence electrons. The second-order valence-corrected chi connectivity index (χ2v) is 5.58. The van der Waals surface area contributed by atoms with E-state index in [1.165, 1.54) is 6.07 Å². The maximum Gasteiger partial charge on any atom is 0.433 e. The second kappa shape index (κ2) is 7.68. The average molecular weight is 372 g/mol. The number of aromatic nitrogens is 1. The van der Waals surface area contributed by atoms with Gasteiger partial charge in [-0.25, -0.2) is 0 Å². The van der Waals surface area contributed by atoms with Crippen LogP contribution in [-0.2, 0) is 6.18 Å². The Labute approximate surface area is 144 Å². The predicted octanol–water partition coefficient (Wildman–Crippen LogP) is 2.77. The van der Waals surface area contributed by atoms with E-state index in [0.29, 0.717) is 25.0 Å². The number of hydrogen-bond acceptors (Lipinski definition) is 3. The maximum atomic E-state index is 12.5. The molecule has 3 heterocycles. The zero-order chi connectivity index (χ0) is 15.0. The number of carbonyl (C=O) groups excluding carboxylic acids is 1. The van der Waals surface area contributed by atoms with Crippen LogP contribution < -0.4 is 5.32 Å². The molecule has 1 amide bonds. The molecule has 2 unspecified atom stereocenters. The van der Waals surface area contributed by atoms with Crippen molar-refractivity contribution < 1.29 is 18.0 Å². The number of amides is 1. The maximum absolute atomic E-state index is 12.5. The summed E-state index contributed by atoms with van der Waals surface area (Å²) in [6.07, 6.45) is -1.52. The van der Waals surface area contributed by atoms with Gasteiger partial charge in [0.15, 0.2) is 0 Å². The van der Waals surface area contributed by atoms with Crippen LogP contribution in [0.3, 0.4) is 0 Å². The first kappa shape index (κ1) is 20.0. The van der Waals surface area contributed by atoms with Crippen molar-refractivity contribution in [1.82, 2.24) is 15.2 Å². The Morgan fingerprint density at radius 2 is 2.00 bits per heavy atom. The number of halogens is 5. The van der Waals surface area contributed by atoms with Crippen molar-refractivity contribution in [3.05, 3.63) is 29.6 Å². The van der Waals surface area contributed by atoms with Crippen LogP contribution in [0.4, 0.5) is 13.2 Å². The van der Waals surface area contributed by atoms with E-state index in [2.05, 4.69) is 10.3 Å². The van der Waals surface area contributed by atoms with Crippen LogP contribution in [0.5, 0.6) is 0 Å². The number of nitrogens with one attached hydrogen (secondary N) is 1. The summed E-state index contributed by atoms with van der Waals surface area (Å²) in [4.78, 5) is 17.4. The lowest BCUT2D eigenvalue weighted by molar-refractivity contribution is -0.141. The Balaban J connectivity index is 0.00000132. The second-order valence-electron chi connectivity index (χ2n) is 5.58. The molecule has 2 aliphatic rings. The fourth-order valence-electron chi connectivity index (χ4n) is 3.10. The van der Waals surface area contributed by atoms with Gasteiger partial charge in [0, 0.05) is 25.3 Å². The van der Waals surface area contributed by atoms with Gasteiger partial charge in [-0.1, -0.05) is 0 Å². The van der Waals surface area contributed by atoms with E-state index in [0.717, 1.165) is 31.6 Å². The SMILES string of the molecule is Cl.Cl.O=C(c1ccc(C(F)(F)F)nc1)N1CCC2NCCC2C1. The van der Waals surface area contributed by atoms with E-state index in [9.17, 15) is 18.0 Å². The molecule has 3 rings (SSSR count). The minimum Gasteiger partial charge on any atom is -0.338 e. The van der Waals surface area contributed by atoms with Gasteiger partial charge >= 0.3 is 6.18 Å². The van der Waals surface area contributed by atoms with E-state index in [4.69, 9.17) is 0 Å². The number of rotatable bonds is 1. The molecule has 0 bridgehead atoms. The molecule has 1 aromatic rings. The zero-order valence-electron chi connectivity index (χ0n) is 12.2. The first-order valence-electron chi connectivity index (χ1n) is 7.01. The number of likely N-dealkylation sites (tertiary alicyclic amines) is 1. The number of nitrogens with zero attached hydrogens (tertiary/aromatic N) is 2. The van der Waals surface area contributed by atoms with Crippen molar-refractivity contribution in [3.63, 3.8) is 0 Å². The molecule has 0 aliphatic carbocycles. The lowest BCUT2D eigenvalue weighted by Gasteiger charge is -2.34. The van der Waals surface area contributed by atoms with Gasteiger partial charge in [-0.15, -0.1) is 24.8 Å². The van der Waals surface area contributed by atoms with Crippen molar-refractivity contribution in [2.45, 2.75) is 25.1 Å². The third-order valence-electron chi connectivity index (χ3n) is 4.24. The van der Waals surface area contributed by atoms with Gasteiger partial charge in [-0.2, -0.15) is 13.2 Å². The summed E-state index contributed by atoms with van der Waals surface area (Å²) in [5.74, 6) is 0.215. The van der Waals surface area contributed by atoms with E-state index >= 15 is 0 Å². The summed E-state index contributed by atoms with van der Waals surface area (Å²) in [5, 5.41) is 3.41. The Hall–Kier alpha value is -1.05. The molecule has 2 fully saturated rings. The molecule has 23 heavy (non-hydrogen) atoms. The monoisotopic (exact) mass is 371 g/mol. The third-order valence-corrected chi connectivity index (χ3v) is 4.24. The molecule has 2 saturated heterocycles. The average Bonchev–Trinajstić information content (AvgIpc) is 2.93. The van der Waals surface area contributed by atoms with Crippen molar-refractivity contribution in [3.8, 4) is 0 Å². The minimum atomic E-state index is -4.48. The zero-order valence-corrected chi connectivity index (χ0v) is 13.8. The number of piperidine rings is 1. The standard InChI is InChI=1S/C14H16F3N3O.2ClH/c15-14(16,17)12-2-1-9(7-19-12)13(21)20-6-4-11-10(8-20)3-5-18-11;;/h1-2,7,10-11,18H,3-6,8H2;2*1H. The van der Waals surface area contributed by atoms with Crippen molar-refractivity contribution in [2.24, 2.45) is 5.92 Å². The fraction of sp³-hybridized carbons (Fsp3) is 0.571. The Morgan fingerprint density at radius 3 is 2.61 bits per heavy atom. The lowest BCUT2D eigenvalue weighted by Crippen LogP contribution is -2.46. The lowest BCUT2D eigenvalue weighted by atomic mass is 9.93. The largest absolute Gasteiger partial charge is 0.433 e. The van der Waals surface area contributed by atoms with Crippen LogP contribution in [0.15, 0.2) is 18.3 Å². The van der Waals surface area contributed by atoms with E-state index in [1.54, 1.807) is 4.90 Å². The molecule has 0 spiro atoms. The molecule has 0 aromatic carbocycles. The molecule has 2 atom stereocenters. The Kier molecular flexibility index (Phi) is 6.68. The molecule has 2 aliphatic heterocycles. The number of alkyl halides is 3. The van der Waals surface area contributed by atoms with Gasteiger partial charge in [-0.3, -0.25) is 9.78 Å². The summed E-state index contributed by atoms with van der Waals surface area (Å²) < 4.78 is 37.4. The van der Waals surface area contributed by atoms with Gasteiger partial charge in [0.05, 0.1) is 5.56 Å². The van der Waals surface area contributed by atoms with Crippen molar-refractivity contribution in [1.29, 1.82) is 0 Å². The number of pyridine rings is 1. The highest BCUT2D eigenvalue weighted by Gasteiger charge is 2.35. The van der Waals surface area contributed by atoms with Gasteiger partial charge in [0.1, 0.15) is 5.69 Å². The normalized spacial score (nSPS) is 23.5. The first-order chi connectivity index (χ1) is 9.95. The van der Waals surface area contributed by atoms with Crippen molar-refractivity contribution in [2.75, 3.05) is 19.6 Å². The van der Waals surface area contributed by atoms with E-state index < -0.39 is 11.9 Å². The molecular formula is C14H18Cl2F3N3O. The molecule has 0 saturated carbocycles. The molecule has 1 N–H and O–H groups in total. The fourth-order valence-corrected chi connectivity index (χ4v) is 3.10. The van der Waals surface area contributed by atoms with Crippen LogP contribution >= 0.6 is 24.8 Å². The molecule has 9 heteroatoms. The highest BCUT2D eigenvalue weighted by Crippen LogP contribution is 2.28. The number of fused-ring (bicyclic) bond motifs is 1. The molecule has 0 radical (unpaired) electrons. The summed E-state index contributed by atoms with van der Waals surface area (Å²) in [7, 11) is 0. The smallest absolute Gasteiger partial charge is 0.338 e. The number of hydrogen-bond donors (Lipinski definition) is 1. The first-order valence-corrected chi connectivity index (χ1v) is 7.01. The van der Waals surface area contributed by atoms with Crippen LogP contribution in [0.2, 0.25) is 0 Å². The minimum absolute atomic E-state index is 0. The van der Waals surface area contributed by atoms with Crippen LogP contribution in [0, 0.1) is 5.92 Å². The summed E-state index contributed by atoms with van der Waals surface area (Å²) in [5.41, 5.74) is -0.759. The highest BCUT2D eigenvalue weighted by molar-refractivity contribution is 5.94. The van der Waals surface area contributed by atoms with Gasteiger partial charge < -0.3 is 10.2 Å². The molecule has 4 nitrogen and oxygen atoms in total. The summed E-state index contributed by atoms with van der Waals surface area (Å²) in [6.45, 7) is 2.27. The summed E-state index contributed by atoms with van der Waals surface area (Å²) in [6, 6.07) is 2.54. The van der Waals surface area contributed by atoms with Crippen LogP contribution in [0.25, 0.3) is 0 Å². The molecular weight excluding hydrogens is 354 g/mol. The van der Waals surface area contributed by atoms with Crippen LogP contribution in [-0.4, -0.2) is 41.5 Å². The highest BCUT2D eigenvalue weighted by atomic mass is 35.5. The van der Waals surface area contributed by atoms with E-state index in [1.807, 2.05) is 0 Å². The topological polar surface area (TPSA) is 45.2 Å². The molecule has 1 aromatic heterocycles. The number of carbonyl (C=O) groups is 1. The Morgan fingerprint density at radius 1 is 1.26 bits per heavy atom. The van der Waals surface area contributed by atoms with Gasteiger partial charge in [0.25, 0.3) is 5.91 Å². The van der Waals surface area contributed by atoms with Crippen molar-refractivity contribution >= 4 is 30.7 Å². The van der Waals surface area contributed by atoms with Gasteiger partial charge in [-0.05, 0) is 37.4 Å². The predicted molar refractivity (Wildman–Crippen MR) is 84.2 cm³/mol. The Bertz CT molecular complexity index is 539. The van der Waals surface area contributed by atoms with Crippen LogP contribution in [0.1, 0.15) is 28.9 Å². The summed E-state index contributed by atoms with van der Waals surface area (Å²) >= 11 is 0. The third kappa shape index (κ3) is 4.28. The van der Waals surface area contributed by atoms with Gasteiger partial charge in [0.2, 0.25) is 0 Å². The van der Waals surface area contributed by atoms with E-state index in [-0.39, 0.29) is 36.3 Å².